The Morgan fingerprint density at radius 3 is 0.841 bits per heavy atom. The van der Waals surface area contributed by atoms with Crippen LogP contribution >= 0.6 is 78.3 Å². The molecule has 8 heterocycles. The number of halogens is 10. The number of benzene rings is 8. The monoisotopic (exact) mass is 2090 g/mol. The summed E-state index contributed by atoms with van der Waals surface area (Å²) in [5.41, 5.74) is 2.13. The molecule has 0 aliphatic carbocycles. The molecule has 12 aromatic rings. The van der Waals surface area contributed by atoms with E-state index in [-0.39, 0.29) is 227 Å². The predicted molar refractivity (Wildman–Crippen MR) is 510 cm³/mol. The smallest absolute Gasteiger partial charge is 0.356 e. The number of hydrogen-bond donors (Lipinski definition) is 2. The van der Waals surface area contributed by atoms with Gasteiger partial charge in [-0.25, -0.2) is 36.7 Å². The van der Waals surface area contributed by atoms with Gasteiger partial charge in [0.1, 0.15) is 81.4 Å². The van der Waals surface area contributed by atoms with Crippen LogP contribution in [0, 0.1) is 23.3 Å². The fourth-order valence-corrected chi connectivity index (χ4v) is 17.6. The number of fused-ring (bicyclic) bond motifs is 4. The summed E-state index contributed by atoms with van der Waals surface area (Å²) in [4.78, 5) is 162. The summed E-state index contributed by atoms with van der Waals surface area (Å²) in [5, 5.41) is 19.3. The number of pyridine rings is 4. The van der Waals surface area contributed by atoms with Gasteiger partial charge in [-0.1, -0.05) is 204 Å². The zero-order valence-corrected chi connectivity index (χ0v) is 79.6. The zero-order valence-electron chi connectivity index (χ0n) is 73.4. The highest BCUT2D eigenvalue weighted by Gasteiger charge is 2.41. The van der Waals surface area contributed by atoms with Crippen molar-refractivity contribution in [2.24, 2.45) is 0 Å². The molecular formula is C100H82Br2Cl4F4N8O20. The Morgan fingerprint density at radius 1 is 0.341 bits per heavy atom. The van der Waals surface area contributed by atoms with Gasteiger partial charge in [0.15, 0.2) is 45.8 Å². The Kier molecular flexibility index (Phi) is 33.5. The highest BCUT2D eigenvalue weighted by Crippen LogP contribution is 2.36. The van der Waals surface area contributed by atoms with E-state index < -0.39 is 92.5 Å². The molecule has 0 saturated carbocycles. The van der Waals surface area contributed by atoms with E-state index in [9.17, 15) is 85.3 Å². The number of amides is 4. The lowest BCUT2D eigenvalue weighted by atomic mass is 10.0. The SMILES string of the molecule is C=CCc1c(C(=O)O)n2c(c(OCc3ccccc3)c1=O)C(=O)N(Cc1ccc(F)c(Cl)c1)CC2.C=CCc1c(C(=O)OC)n2c(c(OCc3ccccc3)c1=O)C(=O)N(Cc1ccc(F)c(Cl)c1)CC2.COC(=O)c1c(Br)c(=O)c(OCc2ccccc2)c2n1CCN(Cc1ccc(F)c(Cl)c1)C2=O.O=C(O)c1c(Br)c(=O)c(OCc2ccccc2)c2n1CCN(Cc1ccc(F)c(Cl)c1)C2=O. The minimum atomic E-state index is -1.35. The second kappa shape index (κ2) is 45.7. The molecule has 4 aliphatic rings. The van der Waals surface area contributed by atoms with E-state index in [1.165, 1.54) is 137 Å². The first-order valence-corrected chi connectivity index (χ1v) is 45.3. The fourth-order valence-electron chi connectivity index (χ4n) is 15.7. The van der Waals surface area contributed by atoms with Gasteiger partial charge < -0.3 is 76.5 Å². The Bertz CT molecular complexity index is 7060. The maximum absolute atomic E-state index is 13.7. The summed E-state index contributed by atoms with van der Waals surface area (Å²) in [6.45, 7) is 9.42. The summed E-state index contributed by atoms with van der Waals surface area (Å²) in [5.74, 6) is -9.32. The van der Waals surface area contributed by atoms with Crippen molar-refractivity contribution >= 4 is 126 Å². The van der Waals surface area contributed by atoms with Gasteiger partial charge in [0.05, 0.1) is 34.3 Å². The largest absolute Gasteiger partial charge is 0.483 e. The minimum absolute atomic E-state index is 0.00212. The number of carbonyl (C=O) groups excluding carboxylic acids is 6. The van der Waals surface area contributed by atoms with Gasteiger partial charge >= 0.3 is 23.9 Å². The van der Waals surface area contributed by atoms with Crippen molar-refractivity contribution in [3.8, 4) is 23.0 Å². The molecule has 0 saturated heterocycles. The van der Waals surface area contributed by atoms with E-state index in [4.69, 9.17) is 74.8 Å². The second-order valence-corrected chi connectivity index (χ2v) is 34.4. The van der Waals surface area contributed by atoms with Gasteiger partial charge in [0.2, 0.25) is 21.7 Å². The van der Waals surface area contributed by atoms with Crippen LogP contribution in [0.2, 0.25) is 20.1 Å². The van der Waals surface area contributed by atoms with E-state index >= 15 is 0 Å². The Balaban J connectivity index is 0.000000155. The van der Waals surface area contributed by atoms with Crippen molar-refractivity contribution < 1.29 is 94.6 Å². The third-order valence-electron chi connectivity index (χ3n) is 22.3. The zero-order chi connectivity index (χ0) is 99.0. The van der Waals surface area contributed by atoms with Crippen LogP contribution < -0.4 is 40.7 Å². The van der Waals surface area contributed by atoms with E-state index in [1.807, 2.05) is 109 Å². The van der Waals surface area contributed by atoms with Crippen molar-refractivity contribution in [3.63, 3.8) is 0 Å². The number of allylic oxidation sites excluding steroid dienone is 2. The van der Waals surface area contributed by atoms with Crippen LogP contribution in [-0.2, 0) is 101 Å². The lowest BCUT2D eigenvalue weighted by Crippen LogP contribution is -2.44. The Morgan fingerprint density at radius 2 is 0.580 bits per heavy atom. The minimum Gasteiger partial charge on any atom is -0.483 e. The van der Waals surface area contributed by atoms with Crippen molar-refractivity contribution in [1.29, 1.82) is 0 Å². The van der Waals surface area contributed by atoms with E-state index in [1.54, 1.807) is 12.1 Å². The lowest BCUT2D eigenvalue weighted by molar-refractivity contribution is 0.0559. The third kappa shape index (κ3) is 22.7. The van der Waals surface area contributed by atoms with Gasteiger partial charge in [0, 0.05) is 89.7 Å². The van der Waals surface area contributed by atoms with Crippen LogP contribution in [-0.4, -0.2) is 136 Å². The van der Waals surface area contributed by atoms with Gasteiger partial charge in [-0.05, 0) is 138 Å². The molecule has 8 aromatic carbocycles. The maximum atomic E-state index is 13.7. The van der Waals surface area contributed by atoms with Crippen LogP contribution in [0.3, 0.4) is 0 Å². The number of rotatable bonds is 28. The van der Waals surface area contributed by atoms with Gasteiger partial charge in [-0.15, -0.1) is 13.2 Å². The number of methoxy groups -OCH3 is 2. The number of nitrogens with zero attached hydrogens (tertiary/aromatic N) is 8. The molecule has 4 aromatic heterocycles. The standard InChI is InChI=1S/C27H24ClFN2O5.C26H22ClFN2O5.C24H19BrClFN2O5.C23H17BrClFN2O5/c1-3-7-19-22(27(34)35-2)31-13-12-30(15-18-10-11-21(29)20(28)14-18)26(33)23(31)25(24(19)32)36-16-17-8-5-4-6-9-17;1-2-6-18-21(26(33)34)30-12-11-29(14-17-9-10-20(28)19(27)13-17)25(32)22(30)24(23(18)31)35-15-16-7-4-3-5-8-16;1-33-24(32)19-18(25)21(30)22(34-13-14-5-3-2-4-6-14)20-23(31)28(9-10-29(19)20)12-15-7-8-17(27)16(26)11-15;24-17-18(23(31)32)28-9-8-27(11-14-6-7-16(26)15(25)10-14)22(30)19(28)21(20(17)29)33-12-13-4-2-1-3-5-13/h3-6,8-11,14H,1,7,12-13,15-16H2,2H3;2-5,7-10,13H,1,6,11-12,14-15H2,(H,33,34);2-8,11H,9-10,12-13H2,1H3;1-7,10H,8-9,11-12H2,(H,31,32). The van der Waals surface area contributed by atoms with Crippen LogP contribution in [0.25, 0.3) is 0 Å². The molecule has 16 rings (SSSR count). The molecule has 0 atom stereocenters. The number of aromatic nitrogens is 4. The molecule has 0 fully saturated rings. The highest BCUT2D eigenvalue weighted by molar-refractivity contribution is 9.10. The molecular weight excluding hydrogens is 2010 g/mol. The number of carbonyl (C=O) groups is 8. The van der Waals surface area contributed by atoms with E-state index in [0.717, 1.165) is 22.3 Å². The average molecular weight is 2090 g/mol. The van der Waals surface area contributed by atoms with Crippen LogP contribution in [0.15, 0.2) is 248 Å². The topological polar surface area (TPSA) is 333 Å². The third-order valence-corrected chi connectivity index (χ3v) is 24.9. The van der Waals surface area contributed by atoms with Crippen molar-refractivity contribution in [2.45, 2.75) is 91.6 Å². The predicted octanol–water partition coefficient (Wildman–Crippen LogP) is 17.5. The van der Waals surface area contributed by atoms with Crippen molar-refractivity contribution in [3.05, 3.63) is 414 Å². The van der Waals surface area contributed by atoms with Gasteiger partial charge in [-0.2, -0.15) is 0 Å². The maximum Gasteiger partial charge on any atom is 0.356 e. The molecule has 4 aliphatic heterocycles. The number of ether oxygens (including phenoxy) is 6. The summed E-state index contributed by atoms with van der Waals surface area (Å²) < 4.78 is 92.7. The van der Waals surface area contributed by atoms with Crippen molar-refractivity contribution in [1.82, 2.24) is 37.9 Å². The van der Waals surface area contributed by atoms with E-state index in [0.29, 0.717) is 22.3 Å². The number of aromatic carboxylic acids is 2. The number of carboxylic acids is 2. The molecule has 0 spiro atoms. The first-order chi connectivity index (χ1) is 66.2. The molecule has 38 heteroatoms. The first kappa shape index (κ1) is 101. The van der Waals surface area contributed by atoms with Crippen LogP contribution in [0.5, 0.6) is 23.0 Å². The number of esters is 2. The molecule has 712 valence electrons. The summed E-state index contributed by atoms with van der Waals surface area (Å²) in [6.07, 6.45) is 3.05. The highest BCUT2D eigenvalue weighted by atomic mass is 79.9. The second-order valence-electron chi connectivity index (χ2n) is 31.2. The summed E-state index contributed by atoms with van der Waals surface area (Å²) in [7, 11) is 2.41. The normalized spacial score (nSPS) is 12.9. The molecule has 0 unspecified atom stereocenters. The number of carboxylic acid groups (broad SMARTS) is 2. The molecule has 138 heavy (non-hydrogen) atoms. The quantitative estimate of drug-likeness (QED) is 0.0261. The molecule has 4 amide bonds. The van der Waals surface area contributed by atoms with Crippen LogP contribution in [0.4, 0.5) is 17.6 Å². The van der Waals surface area contributed by atoms with E-state index in [2.05, 4.69) is 45.0 Å². The molecule has 28 nitrogen and oxygen atoms in total. The number of hydrogen-bond acceptors (Lipinski definition) is 18. The first-order valence-electron chi connectivity index (χ1n) is 42.2. The van der Waals surface area contributed by atoms with Crippen molar-refractivity contribution in [2.75, 3.05) is 40.4 Å². The summed E-state index contributed by atoms with van der Waals surface area (Å²) in [6, 6.07) is 53.2. The molecule has 2 N–H and O–H groups in total. The summed E-state index contributed by atoms with van der Waals surface area (Å²) >= 11 is 29.8. The molecule has 0 bridgehead atoms. The Labute approximate surface area is 821 Å². The molecule has 0 radical (unpaired) electrons. The Hall–Kier alpha value is -14.2. The lowest BCUT2D eigenvalue weighted by Gasteiger charge is -2.33. The average Bonchev–Trinajstić information content (AvgIpc) is 0.753. The van der Waals surface area contributed by atoms with Gasteiger partial charge in [0.25, 0.3) is 23.6 Å². The van der Waals surface area contributed by atoms with Crippen LogP contribution in [0.1, 0.15) is 140 Å². The van der Waals surface area contributed by atoms with Gasteiger partial charge in [-0.3, -0.25) is 38.4 Å². The fraction of sp³-hybridized carbons (Fsp3) is 0.200.